The van der Waals surface area contributed by atoms with E-state index >= 15 is 0 Å². The van der Waals surface area contributed by atoms with Gasteiger partial charge >= 0.3 is 0 Å². The molecule has 1 unspecified atom stereocenters. The van der Waals surface area contributed by atoms with Crippen molar-refractivity contribution in [1.82, 2.24) is 4.90 Å². The van der Waals surface area contributed by atoms with E-state index in [1.807, 2.05) is 24.3 Å². The molecule has 4 nitrogen and oxygen atoms in total. The first-order chi connectivity index (χ1) is 16.5. The fourth-order valence-corrected chi connectivity index (χ4v) is 4.85. The van der Waals surface area contributed by atoms with Gasteiger partial charge in [0.1, 0.15) is 17.6 Å². The van der Waals surface area contributed by atoms with Crippen LogP contribution >= 0.6 is 0 Å². The first-order valence-corrected chi connectivity index (χ1v) is 12.2. The molecule has 0 N–H and O–H groups in total. The predicted octanol–water partition coefficient (Wildman–Crippen LogP) is 6.22. The summed E-state index contributed by atoms with van der Waals surface area (Å²) >= 11 is 0. The van der Waals surface area contributed by atoms with E-state index in [1.54, 1.807) is 14.2 Å². The van der Waals surface area contributed by atoms with Crippen LogP contribution in [0.3, 0.4) is 0 Å². The van der Waals surface area contributed by atoms with Gasteiger partial charge in [0.15, 0.2) is 0 Å². The van der Waals surface area contributed by atoms with Crippen LogP contribution in [0.4, 0.5) is 0 Å². The summed E-state index contributed by atoms with van der Waals surface area (Å²) in [6, 6.07) is 25.4. The predicted molar refractivity (Wildman–Crippen MR) is 138 cm³/mol. The van der Waals surface area contributed by atoms with E-state index in [0.29, 0.717) is 6.61 Å². The molecule has 0 bridgehead atoms. The van der Waals surface area contributed by atoms with Crippen LogP contribution < -0.4 is 9.47 Å². The van der Waals surface area contributed by atoms with Crippen molar-refractivity contribution in [3.8, 4) is 11.5 Å². The number of likely N-dealkylation sites (tertiary alicyclic amines) is 1. The second-order valence-corrected chi connectivity index (χ2v) is 9.56. The van der Waals surface area contributed by atoms with E-state index in [0.717, 1.165) is 43.0 Å². The van der Waals surface area contributed by atoms with E-state index < -0.39 is 0 Å². The summed E-state index contributed by atoms with van der Waals surface area (Å²) < 4.78 is 17.4. The minimum Gasteiger partial charge on any atom is -0.497 e. The Morgan fingerprint density at radius 1 is 0.824 bits per heavy atom. The second-order valence-electron chi connectivity index (χ2n) is 9.56. The smallest absolute Gasteiger partial charge is 0.118 e. The van der Waals surface area contributed by atoms with Crippen molar-refractivity contribution < 1.29 is 14.2 Å². The number of nitrogens with zero attached hydrogens (tertiary/aromatic N) is 1. The average Bonchev–Trinajstić information content (AvgIpc) is 3.24. The van der Waals surface area contributed by atoms with E-state index in [4.69, 9.17) is 14.2 Å². The topological polar surface area (TPSA) is 30.9 Å². The molecule has 4 heteroatoms. The molecule has 0 aliphatic carbocycles. The molecule has 1 aliphatic heterocycles. The first kappa shape index (κ1) is 24.3. The van der Waals surface area contributed by atoms with Crippen LogP contribution in [0.1, 0.15) is 48.1 Å². The lowest BCUT2D eigenvalue weighted by atomic mass is 9.97. The van der Waals surface area contributed by atoms with Crippen molar-refractivity contribution in [3.63, 3.8) is 0 Å². The lowest BCUT2D eigenvalue weighted by Gasteiger charge is -2.36. The molecule has 1 heterocycles. The van der Waals surface area contributed by atoms with Gasteiger partial charge in [0, 0.05) is 12.1 Å². The number of benzene rings is 3. The third-order valence-electron chi connectivity index (χ3n) is 7.10. The second kappa shape index (κ2) is 11.1. The van der Waals surface area contributed by atoms with Crippen LogP contribution in [0, 0.1) is 6.92 Å². The SMILES string of the molecule is COc1ccc(CCN2CCC[C@@]2(C)COC(c2ccc(C)cc2)c2ccc(OC)cc2)cc1. The average molecular weight is 460 g/mol. The standard InChI is InChI=1S/C30H37NO3/c1-23-6-10-25(11-7-23)29(26-12-16-28(33-4)17-13-26)34-22-30(2)19-5-20-31(30)21-18-24-8-14-27(32-3)15-9-24/h6-17,29H,5,18-22H2,1-4H3/t29?,30-/m0/s1. The summed E-state index contributed by atoms with van der Waals surface area (Å²) in [5.74, 6) is 1.77. The number of rotatable bonds is 10. The fourth-order valence-electron chi connectivity index (χ4n) is 4.85. The maximum absolute atomic E-state index is 6.73. The van der Waals surface area contributed by atoms with Crippen molar-refractivity contribution >= 4 is 0 Å². The molecule has 0 spiro atoms. The normalized spacial score (nSPS) is 19.2. The van der Waals surface area contributed by atoms with Gasteiger partial charge in [-0.2, -0.15) is 0 Å². The number of hydrogen-bond acceptors (Lipinski definition) is 4. The molecule has 3 aromatic rings. The molecular weight excluding hydrogens is 422 g/mol. The Balaban J connectivity index is 1.46. The third-order valence-corrected chi connectivity index (χ3v) is 7.10. The number of methoxy groups -OCH3 is 2. The highest BCUT2D eigenvalue weighted by atomic mass is 16.5. The van der Waals surface area contributed by atoms with Crippen molar-refractivity contribution in [3.05, 3.63) is 95.1 Å². The van der Waals surface area contributed by atoms with Gasteiger partial charge in [-0.3, -0.25) is 4.90 Å². The maximum atomic E-state index is 6.73. The summed E-state index contributed by atoms with van der Waals surface area (Å²) in [4.78, 5) is 2.61. The minimum absolute atomic E-state index is 0.0297. The molecule has 0 radical (unpaired) electrons. The molecule has 1 fully saturated rings. The first-order valence-electron chi connectivity index (χ1n) is 12.2. The largest absolute Gasteiger partial charge is 0.497 e. The summed E-state index contributed by atoms with van der Waals surface area (Å²) in [7, 11) is 3.41. The van der Waals surface area contributed by atoms with Crippen LogP contribution in [0.15, 0.2) is 72.8 Å². The van der Waals surface area contributed by atoms with Gasteiger partial charge in [-0.15, -0.1) is 0 Å². The zero-order chi connectivity index (χ0) is 24.0. The number of ether oxygens (including phenoxy) is 3. The van der Waals surface area contributed by atoms with Crippen LogP contribution in [0.5, 0.6) is 11.5 Å². The summed E-state index contributed by atoms with van der Waals surface area (Å²) in [5, 5.41) is 0. The van der Waals surface area contributed by atoms with Gasteiger partial charge in [0.2, 0.25) is 0 Å². The highest BCUT2D eigenvalue weighted by Gasteiger charge is 2.37. The molecule has 3 aromatic carbocycles. The van der Waals surface area contributed by atoms with Crippen molar-refractivity contribution in [2.45, 2.75) is 44.8 Å². The van der Waals surface area contributed by atoms with Crippen molar-refractivity contribution in [2.75, 3.05) is 33.9 Å². The molecule has 34 heavy (non-hydrogen) atoms. The van der Waals surface area contributed by atoms with E-state index in [-0.39, 0.29) is 11.6 Å². The molecule has 4 rings (SSSR count). The third kappa shape index (κ3) is 5.81. The quantitative estimate of drug-likeness (QED) is 0.360. The van der Waals surface area contributed by atoms with Crippen LogP contribution in [0.2, 0.25) is 0 Å². The molecule has 0 aromatic heterocycles. The van der Waals surface area contributed by atoms with Crippen LogP contribution in [-0.4, -0.2) is 44.4 Å². The molecule has 180 valence electrons. The zero-order valence-electron chi connectivity index (χ0n) is 20.9. The van der Waals surface area contributed by atoms with Gasteiger partial charge in [0.05, 0.1) is 20.8 Å². The van der Waals surface area contributed by atoms with Crippen LogP contribution in [-0.2, 0) is 11.2 Å². The summed E-state index contributed by atoms with van der Waals surface area (Å²) in [6.07, 6.45) is 3.28. The Labute approximate surface area is 204 Å². The molecule has 0 amide bonds. The molecule has 1 saturated heterocycles. The van der Waals surface area contributed by atoms with E-state index in [1.165, 1.54) is 23.1 Å². The lowest BCUT2D eigenvalue weighted by molar-refractivity contribution is -0.00437. The molecular formula is C30H37NO3. The highest BCUT2D eigenvalue weighted by molar-refractivity contribution is 5.35. The Morgan fingerprint density at radius 3 is 1.97 bits per heavy atom. The van der Waals surface area contributed by atoms with Crippen molar-refractivity contribution in [2.24, 2.45) is 0 Å². The number of hydrogen-bond donors (Lipinski definition) is 0. The fraction of sp³-hybridized carbons (Fsp3) is 0.400. The maximum Gasteiger partial charge on any atom is 0.118 e. The van der Waals surface area contributed by atoms with Gasteiger partial charge < -0.3 is 14.2 Å². The monoisotopic (exact) mass is 459 g/mol. The molecule has 2 atom stereocenters. The Kier molecular flexibility index (Phi) is 7.91. The van der Waals surface area contributed by atoms with Gasteiger partial charge in [-0.25, -0.2) is 0 Å². The van der Waals surface area contributed by atoms with Gasteiger partial charge in [0.25, 0.3) is 0 Å². The number of aryl methyl sites for hydroxylation is 1. The Hall–Kier alpha value is -2.82. The van der Waals surface area contributed by atoms with Crippen LogP contribution in [0.25, 0.3) is 0 Å². The van der Waals surface area contributed by atoms with Gasteiger partial charge in [-0.05, 0) is 80.6 Å². The molecule has 1 aliphatic rings. The van der Waals surface area contributed by atoms with Gasteiger partial charge in [-0.1, -0.05) is 54.1 Å². The Morgan fingerprint density at radius 2 is 1.38 bits per heavy atom. The molecule has 0 saturated carbocycles. The van der Waals surface area contributed by atoms with E-state index in [9.17, 15) is 0 Å². The van der Waals surface area contributed by atoms with E-state index in [2.05, 4.69) is 67.3 Å². The Bertz CT molecular complexity index is 1030. The summed E-state index contributed by atoms with van der Waals surface area (Å²) in [5.41, 5.74) is 4.96. The highest BCUT2D eigenvalue weighted by Crippen LogP contribution is 2.34. The van der Waals surface area contributed by atoms with Crippen molar-refractivity contribution in [1.29, 1.82) is 0 Å². The lowest BCUT2D eigenvalue weighted by Crippen LogP contribution is -2.46. The summed E-state index contributed by atoms with van der Waals surface area (Å²) in [6.45, 7) is 7.32. The minimum atomic E-state index is -0.104. The zero-order valence-corrected chi connectivity index (χ0v) is 20.9.